The maximum Gasteiger partial charge on any atom is 0.180 e. The van der Waals surface area contributed by atoms with E-state index in [4.69, 9.17) is 26.8 Å². The third-order valence-corrected chi connectivity index (χ3v) is 3.13. The summed E-state index contributed by atoms with van der Waals surface area (Å²) in [6.45, 7) is 5.86. The molecular weight excluding hydrogens is 250 g/mol. The van der Waals surface area contributed by atoms with Crippen LogP contribution in [-0.4, -0.2) is 19.8 Å². The number of nitrogens with two attached hydrogens (primary N) is 1. The number of hydrogen-bond donors (Lipinski definition) is 1. The van der Waals surface area contributed by atoms with Crippen LogP contribution in [0.2, 0.25) is 5.02 Å². The van der Waals surface area contributed by atoms with Gasteiger partial charge in [0.05, 0.1) is 5.02 Å². The molecule has 98 valence electrons. The van der Waals surface area contributed by atoms with Crippen LogP contribution in [0.5, 0.6) is 11.5 Å². The van der Waals surface area contributed by atoms with E-state index in [2.05, 4.69) is 13.8 Å². The summed E-state index contributed by atoms with van der Waals surface area (Å²) in [6.07, 6.45) is 3.90. The van der Waals surface area contributed by atoms with E-state index < -0.39 is 0 Å². The van der Waals surface area contributed by atoms with Crippen molar-refractivity contribution >= 4 is 17.7 Å². The van der Waals surface area contributed by atoms with Crippen molar-refractivity contribution in [3.63, 3.8) is 0 Å². The van der Waals surface area contributed by atoms with Crippen molar-refractivity contribution in [1.82, 2.24) is 0 Å². The van der Waals surface area contributed by atoms with Gasteiger partial charge in [0.1, 0.15) is 13.2 Å². The van der Waals surface area contributed by atoms with Crippen LogP contribution in [0.25, 0.3) is 6.08 Å². The Labute approximate surface area is 113 Å². The van der Waals surface area contributed by atoms with Gasteiger partial charge in [0.2, 0.25) is 0 Å². The number of rotatable bonds is 3. The molecule has 0 spiro atoms. The molecule has 0 aliphatic carbocycles. The number of halogens is 1. The van der Waals surface area contributed by atoms with Crippen molar-refractivity contribution in [3.8, 4) is 11.5 Å². The molecular formula is C14H18ClNO2. The van der Waals surface area contributed by atoms with E-state index >= 15 is 0 Å². The Morgan fingerprint density at radius 2 is 2.00 bits per heavy atom. The number of benzene rings is 1. The van der Waals surface area contributed by atoms with Gasteiger partial charge in [-0.05, 0) is 17.5 Å². The first-order valence-electron chi connectivity index (χ1n) is 6.13. The molecule has 2 rings (SSSR count). The Kier molecular flexibility index (Phi) is 4.15. The summed E-state index contributed by atoms with van der Waals surface area (Å²) in [5.41, 5.74) is 7.67. The zero-order chi connectivity index (χ0) is 13.1. The number of ether oxygens (including phenoxy) is 2. The van der Waals surface area contributed by atoms with Crippen LogP contribution in [0.15, 0.2) is 12.1 Å². The zero-order valence-corrected chi connectivity index (χ0v) is 11.5. The molecule has 3 nitrogen and oxygen atoms in total. The number of fused-ring (bicyclic) bond motifs is 1. The Morgan fingerprint density at radius 3 is 2.61 bits per heavy atom. The lowest BCUT2D eigenvalue weighted by Gasteiger charge is -2.25. The molecule has 4 heteroatoms. The van der Waals surface area contributed by atoms with Crippen molar-refractivity contribution in [2.75, 3.05) is 19.8 Å². The molecule has 0 unspecified atom stereocenters. The average Bonchev–Trinajstić information content (AvgIpc) is 2.36. The molecule has 1 aliphatic heterocycles. The average molecular weight is 268 g/mol. The second-order valence-corrected chi connectivity index (χ2v) is 4.92. The van der Waals surface area contributed by atoms with Gasteiger partial charge in [-0.1, -0.05) is 37.6 Å². The van der Waals surface area contributed by atoms with Crippen LogP contribution in [0.1, 0.15) is 30.9 Å². The summed E-state index contributed by atoms with van der Waals surface area (Å²) < 4.78 is 11.3. The van der Waals surface area contributed by atoms with Crippen LogP contribution in [0.4, 0.5) is 0 Å². The summed E-state index contributed by atoms with van der Waals surface area (Å²) in [4.78, 5) is 0. The molecule has 2 N–H and O–H groups in total. The highest BCUT2D eigenvalue weighted by Crippen LogP contribution is 2.45. The SMILES string of the molecule is CC(C)c1c(/C=C/CN)cc(Cl)c2c1OCCO2. The van der Waals surface area contributed by atoms with Gasteiger partial charge in [0, 0.05) is 12.1 Å². The summed E-state index contributed by atoms with van der Waals surface area (Å²) >= 11 is 6.23. The highest BCUT2D eigenvalue weighted by molar-refractivity contribution is 6.32. The van der Waals surface area contributed by atoms with Crippen molar-refractivity contribution in [2.24, 2.45) is 5.73 Å². The molecule has 1 aromatic rings. The molecule has 0 radical (unpaired) electrons. The van der Waals surface area contributed by atoms with E-state index in [1.165, 1.54) is 0 Å². The quantitative estimate of drug-likeness (QED) is 0.915. The van der Waals surface area contributed by atoms with Crippen molar-refractivity contribution in [2.45, 2.75) is 19.8 Å². The van der Waals surface area contributed by atoms with E-state index in [1.54, 1.807) is 0 Å². The predicted molar refractivity (Wildman–Crippen MR) is 74.6 cm³/mol. The largest absolute Gasteiger partial charge is 0.486 e. The van der Waals surface area contributed by atoms with Gasteiger partial charge in [0.25, 0.3) is 0 Å². The molecule has 0 amide bonds. The molecule has 0 bridgehead atoms. The molecule has 1 heterocycles. The maximum absolute atomic E-state index is 6.23. The van der Waals surface area contributed by atoms with E-state index in [9.17, 15) is 0 Å². The predicted octanol–water partition coefficient (Wildman–Crippen LogP) is 3.21. The first kappa shape index (κ1) is 13.2. The van der Waals surface area contributed by atoms with E-state index in [0.717, 1.165) is 16.9 Å². The minimum Gasteiger partial charge on any atom is -0.486 e. The summed E-state index contributed by atoms with van der Waals surface area (Å²) in [5.74, 6) is 1.77. The zero-order valence-electron chi connectivity index (χ0n) is 10.7. The second-order valence-electron chi connectivity index (χ2n) is 4.51. The van der Waals surface area contributed by atoms with E-state index in [0.29, 0.717) is 36.4 Å². The van der Waals surface area contributed by atoms with Gasteiger partial charge < -0.3 is 15.2 Å². The first-order chi connectivity index (χ1) is 8.65. The lowest BCUT2D eigenvalue weighted by Crippen LogP contribution is -2.18. The molecule has 18 heavy (non-hydrogen) atoms. The smallest absolute Gasteiger partial charge is 0.180 e. The van der Waals surface area contributed by atoms with Crippen LogP contribution >= 0.6 is 11.6 Å². The van der Waals surface area contributed by atoms with Gasteiger partial charge in [-0.15, -0.1) is 0 Å². The summed E-state index contributed by atoms with van der Waals surface area (Å²) in [5, 5.41) is 0.589. The van der Waals surface area contributed by atoms with Crippen molar-refractivity contribution in [1.29, 1.82) is 0 Å². The fourth-order valence-corrected chi connectivity index (χ4v) is 2.39. The fraction of sp³-hybridized carbons (Fsp3) is 0.429. The lowest BCUT2D eigenvalue weighted by molar-refractivity contribution is 0.169. The van der Waals surface area contributed by atoms with Gasteiger partial charge in [-0.3, -0.25) is 0 Å². The summed E-state index contributed by atoms with van der Waals surface area (Å²) in [7, 11) is 0. The van der Waals surface area contributed by atoms with Crippen LogP contribution in [-0.2, 0) is 0 Å². The van der Waals surface area contributed by atoms with Gasteiger partial charge in [-0.25, -0.2) is 0 Å². The summed E-state index contributed by atoms with van der Waals surface area (Å²) in [6, 6.07) is 1.91. The van der Waals surface area contributed by atoms with E-state index in [1.807, 2.05) is 18.2 Å². The topological polar surface area (TPSA) is 44.5 Å². The first-order valence-corrected chi connectivity index (χ1v) is 6.51. The molecule has 0 atom stereocenters. The Morgan fingerprint density at radius 1 is 1.33 bits per heavy atom. The highest BCUT2D eigenvalue weighted by Gasteiger charge is 2.23. The molecule has 1 aromatic carbocycles. The second kappa shape index (κ2) is 5.63. The Balaban J connectivity index is 2.59. The highest BCUT2D eigenvalue weighted by atomic mass is 35.5. The Hall–Kier alpha value is -1.19. The molecule has 1 aliphatic rings. The van der Waals surface area contributed by atoms with Gasteiger partial charge in [0.15, 0.2) is 11.5 Å². The molecule has 0 fully saturated rings. The van der Waals surface area contributed by atoms with Crippen LogP contribution in [0.3, 0.4) is 0 Å². The molecule has 0 saturated carbocycles. The third kappa shape index (κ3) is 2.47. The van der Waals surface area contributed by atoms with Gasteiger partial charge in [-0.2, -0.15) is 0 Å². The fourth-order valence-electron chi connectivity index (χ4n) is 2.14. The molecule has 0 saturated heterocycles. The molecule has 0 aromatic heterocycles. The number of hydrogen-bond acceptors (Lipinski definition) is 3. The minimum absolute atomic E-state index is 0.329. The van der Waals surface area contributed by atoms with Crippen LogP contribution < -0.4 is 15.2 Å². The minimum atomic E-state index is 0.329. The normalized spacial score (nSPS) is 14.5. The maximum atomic E-state index is 6.23. The van der Waals surface area contributed by atoms with Crippen molar-refractivity contribution in [3.05, 3.63) is 28.3 Å². The standard InChI is InChI=1S/C14H18ClNO2/c1-9(2)12-10(4-3-5-16)8-11(15)13-14(12)18-7-6-17-13/h3-4,8-9H,5-7,16H2,1-2H3/b4-3+. The van der Waals surface area contributed by atoms with Crippen LogP contribution in [0, 0.1) is 0 Å². The third-order valence-electron chi connectivity index (χ3n) is 2.85. The van der Waals surface area contributed by atoms with Gasteiger partial charge >= 0.3 is 0 Å². The monoisotopic (exact) mass is 267 g/mol. The Bertz CT molecular complexity index is 469. The van der Waals surface area contributed by atoms with Crippen molar-refractivity contribution < 1.29 is 9.47 Å². The van der Waals surface area contributed by atoms with E-state index in [-0.39, 0.29) is 0 Å². The lowest BCUT2D eigenvalue weighted by atomic mass is 9.95.